The fourth-order valence-corrected chi connectivity index (χ4v) is 0.979. The quantitative estimate of drug-likeness (QED) is 0.492. The molecule has 0 nitrogen and oxygen atoms in total. The molecule has 0 atom stereocenters. The van der Waals surface area contributed by atoms with Crippen LogP contribution in [0.25, 0.3) is 0 Å². The molecular weight excluding hydrogens is 120 g/mol. The molecule has 0 bridgehead atoms. The van der Waals surface area contributed by atoms with Crippen molar-refractivity contribution in [3.63, 3.8) is 0 Å². The second kappa shape index (κ2) is 6.85. The molecule has 0 rings (SSSR count). The lowest BCUT2D eigenvalue weighted by Crippen LogP contribution is -1.78. The lowest BCUT2D eigenvalue weighted by molar-refractivity contribution is 0.633. The topological polar surface area (TPSA) is 0 Å². The van der Waals surface area contributed by atoms with Crippen LogP contribution in [0.4, 0.5) is 0 Å². The smallest absolute Gasteiger partial charge is 0.0286 e. The number of hydrogen-bond donors (Lipinski definition) is 0. The summed E-state index contributed by atoms with van der Waals surface area (Å²) >= 11 is 0. The van der Waals surface area contributed by atoms with Gasteiger partial charge in [0.25, 0.3) is 0 Å². The summed E-state index contributed by atoms with van der Waals surface area (Å²) in [7, 11) is 0. The summed E-state index contributed by atoms with van der Waals surface area (Å²) in [5.74, 6) is 0. The van der Waals surface area contributed by atoms with Crippen LogP contribution in [0.5, 0.6) is 0 Å². The Kier molecular flexibility index (Phi) is 6.68. The van der Waals surface area contributed by atoms with Crippen LogP contribution in [0, 0.1) is 6.92 Å². The van der Waals surface area contributed by atoms with Gasteiger partial charge in [0.1, 0.15) is 0 Å². The van der Waals surface area contributed by atoms with E-state index in [1.807, 2.05) is 0 Å². The van der Waals surface area contributed by atoms with Gasteiger partial charge in [0.2, 0.25) is 0 Å². The van der Waals surface area contributed by atoms with Crippen LogP contribution in [-0.2, 0) is 0 Å². The Morgan fingerprint density at radius 1 is 1.10 bits per heavy atom. The molecule has 1 radical (unpaired) electrons. The molecule has 0 heterocycles. The van der Waals surface area contributed by atoms with Crippen molar-refractivity contribution in [1.29, 1.82) is 0 Å². The first-order valence-corrected chi connectivity index (χ1v) is 4.27. The van der Waals surface area contributed by atoms with Crippen molar-refractivity contribution in [1.82, 2.24) is 0 Å². The molecule has 0 saturated heterocycles. The van der Waals surface area contributed by atoms with Crippen molar-refractivity contribution in [2.45, 2.75) is 45.4 Å². The van der Waals surface area contributed by atoms with E-state index >= 15 is 0 Å². The minimum atomic E-state index is 1.08. The molecule has 0 N–H and O–H groups in total. The van der Waals surface area contributed by atoms with Gasteiger partial charge in [-0.3, -0.25) is 0 Å². The first kappa shape index (κ1) is 9.74. The Balaban J connectivity index is 2.84. The molecule has 10 heavy (non-hydrogen) atoms. The van der Waals surface area contributed by atoms with Crippen LogP contribution in [0.1, 0.15) is 45.4 Å². The maximum absolute atomic E-state index is 3.76. The summed E-state index contributed by atoms with van der Waals surface area (Å²) in [6.45, 7) is 9.76. The van der Waals surface area contributed by atoms with Crippen LogP contribution in [0.15, 0.2) is 12.2 Å². The summed E-state index contributed by atoms with van der Waals surface area (Å²) in [6, 6.07) is 0. The summed E-state index contributed by atoms with van der Waals surface area (Å²) in [4.78, 5) is 0. The molecule has 0 aromatic heterocycles. The van der Waals surface area contributed by atoms with E-state index in [-0.39, 0.29) is 0 Å². The molecule has 0 aromatic rings. The van der Waals surface area contributed by atoms with Crippen molar-refractivity contribution in [2.24, 2.45) is 0 Å². The third kappa shape index (κ3) is 7.74. The molecule has 0 aliphatic carbocycles. The second-order valence-electron chi connectivity index (χ2n) is 2.91. The van der Waals surface area contributed by atoms with Gasteiger partial charge in [-0.1, -0.05) is 44.8 Å². The lowest BCUT2D eigenvalue weighted by atomic mass is 10.1. The normalized spacial score (nSPS) is 9.80. The highest BCUT2D eigenvalue weighted by Crippen LogP contribution is 2.08. The molecule has 0 unspecified atom stereocenters. The predicted octanol–water partition coefficient (Wildman–Crippen LogP) is 3.74. The average Bonchev–Trinajstić information content (AvgIpc) is 1.87. The van der Waals surface area contributed by atoms with E-state index in [2.05, 4.69) is 20.4 Å². The molecule has 59 valence electrons. The van der Waals surface area contributed by atoms with Gasteiger partial charge in [-0.2, -0.15) is 0 Å². The summed E-state index contributed by atoms with van der Waals surface area (Å²) < 4.78 is 0. The van der Waals surface area contributed by atoms with Crippen molar-refractivity contribution in [2.75, 3.05) is 0 Å². The van der Waals surface area contributed by atoms with E-state index < -0.39 is 0 Å². The maximum atomic E-state index is 3.76. The van der Waals surface area contributed by atoms with Gasteiger partial charge in [-0.15, -0.1) is 0 Å². The predicted molar refractivity (Wildman–Crippen MR) is 47.9 cm³/mol. The van der Waals surface area contributed by atoms with Gasteiger partial charge < -0.3 is 0 Å². The Morgan fingerprint density at radius 3 is 2.20 bits per heavy atom. The SMILES string of the molecule is [CH2]C(=C)CCCCCCC. The van der Waals surface area contributed by atoms with Gasteiger partial charge in [-0.25, -0.2) is 0 Å². The molecule has 0 amide bonds. The number of unbranched alkanes of at least 4 members (excludes halogenated alkanes) is 4. The fraction of sp³-hybridized carbons (Fsp3) is 0.700. The first-order chi connectivity index (χ1) is 4.77. The lowest BCUT2D eigenvalue weighted by Gasteiger charge is -1.98. The van der Waals surface area contributed by atoms with Crippen LogP contribution in [-0.4, -0.2) is 0 Å². The number of allylic oxidation sites excluding steroid dienone is 1. The van der Waals surface area contributed by atoms with E-state index in [0.717, 1.165) is 12.0 Å². The van der Waals surface area contributed by atoms with E-state index in [0.29, 0.717) is 0 Å². The maximum Gasteiger partial charge on any atom is -0.0286 e. The summed E-state index contributed by atoms with van der Waals surface area (Å²) in [5.41, 5.74) is 1.08. The molecule has 0 fully saturated rings. The molecule has 0 aromatic carbocycles. The molecule has 0 heteroatoms. The third-order valence-corrected chi connectivity index (χ3v) is 1.63. The van der Waals surface area contributed by atoms with Gasteiger partial charge >= 0.3 is 0 Å². The van der Waals surface area contributed by atoms with Crippen molar-refractivity contribution < 1.29 is 0 Å². The van der Waals surface area contributed by atoms with Gasteiger partial charge in [0.05, 0.1) is 0 Å². The monoisotopic (exact) mass is 139 g/mol. The number of rotatable bonds is 6. The highest BCUT2D eigenvalue weighted by molar-refractivity contribution is 4.96. The summed E-state index contributed by atoms with van der Waals surface area (Å²) in [6.07, 6.45) is 7.83. The Morgan fingerprint density at radius 2 is 1.70 bits per heavy atom. The standard InChI is InChI=1S/C10H19/c1-4-5-6-7-8-9-10(2)3/h2-9H2,1H3. The van der Waals surface area contributed by atoms with Crippen molar-refractivity contribution in [3.8, 4) is 0 Å². The first-order valence-electron chi connectivity index (χ1n) is 4.27. The zero-order chi connectivity index (χ0) is 7.82. The van der Waals surface area contributed by atoms with E-state index in [4.69, 9.17) is 0 Å². The highest BCUT2D eigenvalue weighted by Gasteiger charge is 1.88. The largest absolute Gasteiger partial charge is 0.0999 e. The van der Waals surface area contributed by atoms with Crippen molar-refractivity contribution in [3.05, 3.63) is 19.1 Å². The van der Waals surface area contributed by atoms with Gasteiger partial charge in [0, 0.05) is 0 Å². The van der Waals surface area contributed by atoms with E-state index in [9.17, 15) is 0 Å². The zero-order valence-corrected chi connectivity index (χ0v) is 7.16. The minimum Gasteiger partial charge on any atom is -0.0999 e. The van der Waals surface area contributed by atoms with E-state index in [1.165, 1.54) is 32.1 Å². The van der Waals surface area contributed by atoms with Crippen LogP contribution < -0.4 is 0 Å². The molecular formula is C10H19. The number of hydrogen-bond acceptors (Lipinski definition) is 0. The minimum absolute atomic E-state index is 1.08. The third-order valence-electron chi connectivity index (χ3n) is 1.63. The summed E-state index contributed by atoms with van der Waals surface area (Å²) in [5, 5.41) is 0. The Hall–Kier alpha value is -0.260. The van der Waals surface area contributed by atoms with Crippen molar-refractivity contribution >= 4 is 0 Å². The van der Waals surface area contributed by atoms with Gasteiger partial charge in [0.15, 0.2) is 0 Å². The second-order valence-corrected chi connectivity index (χ2v) is 2.91. The molecule has 0 aliphatic heterocycles. The van der Waals surface area contributed by atoms with Gasteiger partial charge in [-0.05, 0) is 19.8 Å². The zero-order valence-electron chi connectivity index (χ0n) is 7.16. The average molecular weight is 139 g/mol. The highest BCUT2D eigenvalue weighted by atomic mass is 13.9. The Bertz CT molecular complexity index is 82.0. The molecule has 0 aliphatic rings. The van der Waals surface area contributed by atoms with Crippen LogP contribution in [0.3, 0.4) is 0 Å². The van der Waals surface area contributed by atoms with Crippen LogP contribution >= 0.6 is 0 Å². The molecule has 0 saturated carbocycles. The fourth-order valence-electron chi connectivity index (χ4n) is 0.979. The van der Waals surface area contributed by atoms with Crippen LogP contribution in [0.2, 0.25) is 0 Å². The Labute approximate surface area is 65.3 Å². The van der Waals surface area contributed by atoms with E-state index in [1.54, 1.807) is 0 Å². The molecule has 0 spiro atoms.